The molecular formula is C19H30O3. The van der Waals surface area contributed by atoms with Crippen LogP contribution in [-0.2, 0) is 4.79 Å². The summed E-state index contributed by atoms with van der Waals surface area (Å²) >= 11 is 0. The molecule has 0 aromatic carbocycles. The molecule has 0 spiro atoms. The molecule has 0 aromatic rings. The summed E-state index contributed by atoms with van der Waals surface area (Å²) < 4.78 is 0. The van der Waals surface area contributed by atoms with Crippen LogP contribution in [0.5, 0.6) is 0 Å². The highest BCUT2D eigenvalue weighted by atomic mass is 16.3. The Bertz CT molecular complexity index is 489. The van der Waals surface area contributed by atoms with E-state index in [1.54, 1.807) is 0 Å². The number of rotatable bonds is 0. The van der Waals surface area contributed by atoms with Crippen molar-refractivity contribution < 1.29 is 15.0 Å². The number of carbonyl (C=O) groups excluding carboxylic acids is 1. The molecule has 0 unspecified atom stereocenters. The lowest BCUT2D eigenvalue weighted by Crippen LogP contribution is -2.58. The lowest BCUT2D eigenvalue weighted by molar-refractivity contribution is -0.164. The monoisotopic (exact) mass is 306 g/mol. The van der Waals surface area contributed by atoms with E-state index in [0.29, 0.717) is 30.0 Å². The molecule has 0 saturated heterocycles. The molecule has 0 aliphatic heterocycles. The Labute approximate surface area is 133 Å². The van der Waals surface area contributed by atoms with Crippen molar-refractivity contribution in [3.05, 3.63) is 0 Å². The zero-order valence-corrected chi connectivity index (χ0v) is 13.9. The maximum absolute atomic E-state index is 13.1. The fraction of sp³-hybridized carbons (Fsp3) is 0.947. The van der Waals surface area contributed by atoms with Gasteiger partial charge in [-0.05, 0) is 68.1 Å². The van der Waals surface area contributed by atoms with E-state index in [0.717, 1.165) is 44.9 Å². The summed E-state index contributed by atoms with van der Waals surface area (Å²) in [5, 5.41) is 20.5. The van der Waals surface area contributed by atoms with Gasteiger partial charge in [0.2, 0.25) is 0 Å². The number of Topliss-reactive ketones (excluding diaryl/α,β-unsaturated/α-hetero) is 1. The molecule has 3 heteroatoms. The molecule has 4 saturated carbocycles. The van der Waals surface area contributed by atoms with Crippen molar-refractivity contribution in [3.63, 3.8) is 0 Å². The van der Waals surface area contributed by atoms with E-state index >= 15 is 0 Å². The number of hydrogen-bond donors (Lipinski definition) is 2. The summed E-state index contributed by atoms with van der Waals surface area (Å²) in [5.41, 5.74) is -0.0796. The van der Waals surface area contributed by atoms with E-state index in [-0.39, 0.29) is 29.0 Å². The van der Waals surface area contributed by atoms with E-state index in [1.165, 1.54) is 0 Å². The Morgan fingerprint density at radius 2 is 1.77 bits per heavy atom. The highest BCUT2D eigenvalue weighted by molar-refractivity contribution is 5.84. The van der Waals surface area contributed by atoms with Crippen LogP contribution in [0.2, 0.25) is 0 Å². The summed E-state index contributed by atoms with van der Waals surface area (Å²) in [4.78, 5) is 13.1. The van der Waals surface area contributed by atoms with E-state index in [4.69, 9.17) is 0 Å². The molecule has 3 nitrogen and oxygen atoms in total. The van der Waals surface area contributed by atoms with Crippen molar-refractivity contribution >= 4 is 5.78 Å². The Morgan fingerprint density at radius 1 is 1.00 bits per heavy atom. The van der Waals surface area contributed by atoms with Gasteiger partial charge in [0, 0.05) is 17.8 Å². The third kappa shape index (κ3) is 1.84. The van der Waals surface area contributed by atoms with Crippen LogP contribution < -0.4 is 0 Å². The number of hydrogen-bond acceptors (Lipinski definition) is 3. The fourth-order valence-corrected chi connectivity index (χ4v) is 7.03. The zero-order chi connectivity index (χ0) is 15.7. The molecule has 0 bridgehead atoms. The van der Waals surface area contributed by atoms with Crippen LogP contribution in [0.15, 0.2) is 0 Å². The molecule has 4 aliphatic carbocycles. The smallest absolute Gasteiger partial charge is 0.137 e. The Kier molecular flexibility index (Phi) is 3.30. The summed E-state index contributed by atoms with van der Waals surface area (Å²) in [6.45, 7) is 4.48. The van der Waals surface area contributed by atoms with Crippen LogP contribution in [0, 0.1) is 34.5 Å². The predicted octanol–water partition coefficient (Wildman–Crippen LogP) is 2.93. The lowest BCUT2D eigenvalue weighted by atomic mass is 9.45. The highest BCUT2D eigenvalue weighted by Gasteiger charge is 2.63. The number of ketones is 1. The fourth-order valence-electron chi connectivity index (χ4n) is 7.03. The SMILES string of the molecule is C[C@]12CC[C@H](O)C[C@H]1CC[C@H]1[C@@H]3CC[C@H](O)[C@@]3(C)CC(=O)[C@@H]12. The van der Waals surface area contributed by atoms with Crippen LogP contribution in [0.25, 0.3) is 0 Å². The Balaban J connectivity index is 1.69. The minimum absolute atomic E-state index is 0.0914. The van der Waals surface area contributed by atoms with Crippen LogP contribution in [0.3, 0.4) is 0 Å². The van der Waals surface area contributed by atoms with Crippen molar-refractivity contribution in [2.45, 2.75) is 77.4 Å². The molecule has 22 heavy (non-hydrogen) atoms. The van der Waals surface area contributed by atoms with Crippen molar-refractivity contribution in [2.24, 2.45) is 34.5 Å². The number of aliphatic hydroxyl groups is 2. The summed E-state index contributed by atoms with van der Waals surface area (Å²) in [5.74, 6) is 2.10. The number of aliphatic hydroxyl groups excluding tert-OH is 2. The maximum Gasteiger partial charge on any atom is 0.137 e. The van der Waals surface area contributed by atoms with Crippen LogP contribution in [0.1, 0.15) is 65.2 Å². The minimum Gasteiger partial charge on any atom is -0.393 e. The molecule has 4 aliphatic rings. The van der Waals surface area contributed by atoms with Crippen LogP contribution in [-0.4, -0.2) is 28.2 Å². The third-order valence-corrected chi connectivity index (χ3v) is 8.27. The average Bonchev–Trinajstić information content (AvgIpc) is 2.75. The van der Waals surface area contributed by atoms with Gasteiger partial charge in [-0.2, -0.15) is 0 Å². The molecule has 8 atom stereocenters. The third-order valence-electron chi connectivity index (χ3n) is 8.27. The van der Waals surface area contributed by atoms with Gasteiger partial charge in [0.05, 0.1) is 12.2 Å². The van der Waals surface area contributed by atoms with Gasteiger partial charge in [0.15, 0.2) is 0 Å². The molecule has 0 aromatic heterocycles. The van der Waals surface area contributed by atoms with E-state index in [2.05, 4.69) is 13.8 Å². The van der Waals surface area contributed by atoms with E-state index in [9.17, 15) is 15.0 Å². The Morgan fingerprint density at radius 3 is 2.55 bits per heavy atom. The Hall–Kier alpha value is -0.410. The van der Waals surface area contributed by atoms with Gasteiger partial charge in [0.1, 0.15) is 5.78 Å². The van der Waals surface area contributed by atoms with Crippen molar-refractivity contribution in [2.75, 3.05) is 0 Å². The highest BCUT2D eigenvalue weighted by Crippen LogP contribution is 2.65. The first-order valence-corrected chi connectivity index (χ1v) is 9.25. The predicted molar refractivity (Wildman–Crippen MR) is 84.1 cm³/mol. The van der Waals surface area contributed by atoms with Crippen molar-refractivity contribution in [3.8, 4) is 0 Å². The van der Waals surface area contributed by atoms with Crippen LogP contribution >= 0.6 is 0 Å². The molecular weight excluding hydrogens is 276 g/mol. The zero-order valence-electron chi connectivity index (χ0n) is 13.9. The first kappa shape index (κ1) is 15.1. The summed E-state index contributed by atoms with van der Waals surface area (Å²) in [6, 6.07) is 0. The normalized spacial score (nSPS) is 57.9. The van der Waals surface area contributed by atoms with Gasteiger partial charge in [-0.25, -0.2) is 0 Å². The van der Waals surface area contributed by atoms with Gasteiger partial charge in [0.25, 0.3) is 0 Å². The summed E-state index contributed by atoms with van der Waals surface area (Å²) in [7, 11) is 0. The molecule has 2 N–H and O–H groups in total. The maximum atomic E-state index is 13.1. The molecule has 0 radical (unpaired) electrons. The summed E-state index contributed by atoms with van der Waals surface area (Å²) in [6.07, 6.45) is 7.11. The second-order valence-corrected chi connectivity index (χ2v) is 9.20. The van der Waals surface area contributed by atoms with Crippen molar-refractivity contribution in [1.82, 2.24) is 0 Å². The first-order chi connectivity index (χ1) is 10.4. The van der Waals surface area contributed by atoms with Gasteiger partial charge in [-0.15, -0.1) is 0 Å². The standard InChI is InChI=1S/C19H30O3/c1-18-8-7-12(20)9-11(18)3-4-13-14-5-6-16(22)19(14,2)10-15(21)17(13)18/h11-14,16-17,20,22H,3-10H2,1-2H3/t11-,12+,13+,14+,16+,17-,18+,19+/m1/s1. The van der Waals surface area contributed by atoms with Crippen LogP contribution in [0.4, 0.5) is 0 Å². The lowest BCUT2D eigenvalue weighted by Gasteiger charge is -2.59. The largest absolute Gasteiger partial charge is 0.393 e. The van der Waals surface area contributed by atoms with E-state index in [1.807, 2.05) is 0 Å². The molecule has 124 valence electrons. The second kappa shape index (κ2) is 4.80. The first-order valence-electron chi connectivity index (χ1n) is 9.25. The van der Waals surface area contributed by atoms with Gasteiger partial charge in [-0.1, -0.05) is 13.8 Å². The second-order valence-electron chi connectivity index (χ2n) is 9.20. The van der Waals surface area contributed by atoms with E-state index < -0.39 is 0 Å². The van der Waals surface area contributed by atoms with Gasteiger partial charge >= 0.3 is 0 Å². The minimum atomic E-state index is -0.291. The molecule has 4 fully saturated rings. The van der Waals surface area contributed by atoms with Gasteiger partial charge < -0.3 is 10.2 Å². The average molecular weight is 306 g/mol. The molecule has 4 rings (SSSR count). The number of fused-ring (bicyclic) bond motifs is 5. The topological polar surface area (TPSA) is 57.5 Å². The molecule has 0 heterocycles. The number of carbonyl (C=O) groups is 1. The molecule has 0 amide bonds. The van der Waals surface area contributed by atoms with Gasteiger partial charge in [-0.3, -0.25) is 4.79 Å². The van der Waals surface area contributed by atoms with Crippen molar-refractivity contribution in [1.29, 1.82) is 0 Å². The quantitative estimate of drug-likeness (QED) is 0.723.